The standard InChI is InChI=1S/C14H17FN2O2/c1-9(2)13(18)17-14(19,8-10(3)16-17)11-4-6-12(15)7-5-11/h4-7,9,16,19H,3,8H2,1-2H3. The van der Waals surface area contributed by atoms with Crippen molar-refractivity contribution in [2.75, 3.05) is 0 Å². The van der Waals surface area contributed by atoms with E-state index < -0.39 is 5.72 Å². The van der Waals surface area contributed by atoms with Gasteiger partial charge in [0.2, 0.25) is 5.91 Å². The second-order valence-electron chi connectivity index (χ2n) is 5.04. The summed E-state index contributed by atoms with van der Waals surface area (Å²) in [5.74, 6) is -0.908. The Morgan fingerprint density at radius 1 is 1.47 bits per heavy atom. The molecular formula is C14H17FN2O2. The molecule has 5 heteroatoms. The first kappa shape index (κ1) is 13.5. The molecule has 1 amide bonds. The van der Waals surface area contributed by atoms with Gasteiger partial charge in [-0.2, -0.15) is 0 Å². The van der Waals surface area contributed by atoms with E-state index in [2.05, 4.69) is 12.0 Å². The first-order valence-corrected chi connectivity index (χ1v) is 6.11. The van der Waals surface area contributed by atoms with Crippen molar-refractivity contribution in [1.82, 2.24) is 10.4 Å². The molecular weight excluding hydrogens is 247 g/mol. The number of nitrogens with zero attached hydrogens (tertiary/aromatic N) is 1. The molecule has 1 saturated heterocycles. The largest absolute Gasteiger partial charge is 0.365 e. The lowest BCUT2D eigenvalue weighted by molar-refractivity contribution is -0.164. The fourth-order valence-electron chi connectivity index (χ4n) is 2.11. The van der Waals surface area contributed by atoms with Crippen LogP contribution in [0.1, 0.15) is 25.8 Å². The Balaban J connectivity index is 2.41. The first-order chi connectivity index (χ1) is 8.84. The molecule has 19 heavy (non-hydrogen) atoms. The van der Waals surface area contributed by atoms with E-state index in [9.17, 15) is 14.3 Å². The number of benzene rings is 1. The van der Waals surface area contributed by atoms with Crippen LogP contribution in [0.4, 0.5) is 4.39 Å². The zero-order chi connectivity index (χ0) is 14.2. The number of aliphatic hydroxyl groups is 1. The highest BCUT2D eigenvalue weighted by Gasteiger charge is 2.46. The van der Waals surface area contributed by atoms with E-state index in [-0.39, 0.29) is 24.1 Å². The van der Waals surface area contributed by atoms with Gasteiger partial charge < -0.3 is 5.11 Å². The molecule has 1 aromatic rings. The molecule has 1 atom stereocenters. The summed E-state index contributed by atoms with van der Waals surface area (Å²) in [6.07, 6.45) is 0.178. The van der Waals surface area contributed by atoms with E-state index in [1.54, 1.807) is 13.8 Å². The molecule has 2 rings (SSSR count). The third-order valence-corrected chi connectivity index (χ3v) is 3.12. The Hall–Kier alpha value is -1.88. The summed E-state index contributed by atoms with van der Waals surface area (Å²) in [5.41, 5.74) is 2.26. The Bertz CT molecular complexity index is 513. The van der Waals surface area contributed by atoms with Gasteiger partial charge in [0, 0.05) is 23.6 Å². The maximum atomic E-state index is 13.0. The van der Waals surface area contributed by atoms with Gasteiger partial charge in [-0.3, -0.25) is 10.2 Å². The van der Waals surface area contributed by atoms with Gasteiger partial charge in [0.1, 0.15) is 5.82 Å². The van der Waals surface area contributed by atoms with Crippen LogP contribution in [0, 0.1) is 11.7 Å². The van der Waals surface area contributed by atoms with E-state index >= 15 is 0 Å². The van der Waals surface area contributed by atoms with Crippen LogP contribution in [0.15, 0.2) is 36.5 Å². The Morgan fingerprint density at radius 3 is 2.58 bits per heavy atom. The quantitative estimate of drug-likeness (QED) is 0.857. The first-order valence-electron chi connectivity index (χ1n) is 6.11. The lowest BCUT2D eigenvalue weighted by Gasteiger charge is -2.33. The zero-order valence-corrected chi connectivity index (χ0v) is 11.0. The molecule has 1 aliphatic heterocycles. The number of carbonyl (C=O) groups is 1. The molecule has 1 aromatic carbocycles. The van der Waals surface area contributed by atoms with E-state index in [0.717, 1.165) is 0 Å². The maximum Gasteiger partial charge on any atom is 0.246 e. The number of carbonyl (C=O) groups excluding carboxylic acids is 1. The van der Waals surface area contributed by atoms with E-state index in [1.165, 1.54) is 29.3 Å². The van der Waals surface area contributed by atoms with Crippen LogP contribution in [0.3, 0.4) is 0 Å². The molecule has 1 aliphatic rings. The summed E-state index contributed by atoms with van der Waals surface area (Å²) in [5, 5.41) is 11.9. The maximum absolute atomic E-state index is 13.0. The zero-order valence-electron chi connectivity index (χ0n) is 11.0. The highest BCUT2D eigenvalue weighted by atomic mass is 19.1. The lowest BCUT2D eigenvalue weighted by Crippen LogP contribution is -2.51. The molecule has 1 heterocycles. The Labute approximate surface area is 111 Å². The monoisotopic (exact) mass is 264 g/mol. The van der Waals surface area contributed by atoms with Crippen LogP contribution < -0.4 is 5.43 Å². The van der Waals surface area contributed by atoms with Gasteiger partial charge in [-0.15, -0.1) is 0 Å². The van der Waals surface area contributed by atoms with E-state index in [4.69, 9.17) is 0 Å². The molecule has 0 aromatic heterocycles. The van der Waals surface area contributed by atoms with Crippen LogP contribution in [0.2, 0.25) is 0 Å². The number of hydrogen-bond donors (Lipinski definition) is 2. The molecule has 102 valence electrons. The van der Waals surface area contributed by atoms with Crippen LogP contribution in [-0.2, 0) is 10.5 Å². The summed E-state index contributed by atoms with van der Waals surface area (Å²) in [4.78, 5) is 12.1. The fourth-order valence-corrected chi connectivity index (χ4v) is 2.11. The minimum atomic E-state index is -1.52. The molecule has 0 aliphatic carbocycles. The van der Waals surface area contributed by atoms with Gasteiger partial charge in [0.05, 0.1) is 0 Å². The van der Waals surface area contributed by atoms with E-state index in [0.29, 0.717) is 11.3 Å². The number of hydrogen-bond acceptors (Lipinski definition) is 3. The minimum Gasteiger partial charge on any atom is -0.365 e. The number of amides is 1. The van der Waals surface area contributed by atoms with Crippen LogP contribution in [0.5, 0.6) is 0 Å². The SMILES string of the molecule is C=C1CC(O)(c2ccc(F)cc2)N(C(=O)C(C)C)N1. The lowest BCUT2D eigenvalue weighted by atomic mass is 9.98. The predicted octanol–water partition coefficient (Wildman–Crippen LogP) is 1.88. The van der Waals surface area contributed by atoms with Crippen molar-refractivity contribution in [3.05, 3.63) is 47.9 Å². The second kappa shape index (κ2) is 4.66. The van der Waals surface area contributed by atoms with Crippen molar-refractivity contribution in [2.45, 2.75) is 26.0 Å². The van der Waals surface area contributed by atoms with Crippen molar-refractivity contribution in [2.24, 2.45) is 5.92 Å². The van der Waals surface area contributed by atoms with Crippen LogP contribution >= 0.6 is 0 Å². The smallest absolute Gasteiger partial charge is 0.246 e. The normalized spacial score (nSPS) is 22.8. The average Bonchev–Trinajstić information content (AvgIpc) is 2.65. The minimum absolute atomic E-state index is 0.178. The van der Waals surface area contributed by atoms with Gasteiger partial charge in [0.15, 0.2) is 5.72 Å². The molecule has 2 N–H and O–H groups in total. The van der Waals surface area contributed by atoms with Crippen molar-refractivity contribution in [1.29, 1.82) is 0 Å². The topological polar surface area (TPSA) is 52.6 Å². The van der Waals surface area contributed by atoms with Gasteiger partial charge in [-0.05, 0) is 12.1 Å². The summed E-state index contributed by atoms with van der Waals surface area (Å²) in [6, 6.07) is 5.45. The molecule has 0 spiro atoms. The summed E-state index contributed by atoms with van der Waals surface area (Å²) >= 11 is 0. The highest BCUT2D eigenvalue weighted by molar-refractivity contribution is 5.79. The second-order valence-corrected chi connectivity index (χ2v) is 5.04. The summed E-state index contributed by atoms with van der Waals surface area (Å²) < 4.78 is 13.0. The van der Waals surface area contributed by atoms with Gasteiger partial charge >= 0.3 is 0 Å². The summed E-state index contributed by atoms with van der Waals surface area (Å²) in [6.45, 7) is 7.24. The van der Waals surface area contributed by atoms with Gasteiger partial charge in [-0.25, -0.2) is 9.40 Å². The Kier molecular flexibility index (Phi) is 3.32. The molecule has 0 bridgehead atoms. The van der Waals surface area contributed by atoms with E-state index in [1.807, 2.05) is 0 Å². The van der Waals surface area contributed by atoms with Gasteiger partial charge in [0.25, 0.3) is 0 Å². The summed E-state index contributed by atoms with van der Waals surface area (Å²) in [7, 11) is 0. The van der Waals surface area contributed by atoms with Crippen molar-refractivity contribution >= 4 is 5.91 Å². The van der Waals surface area contributed by atoms with Crippen LogP contribution in [-0.4, -0.2) is 16.0 Å². The average molecular weight is 264 g/mol. The molecule has 1 fully saturated rings. The number of halogens is 1. The Morgan fingerprint density at radius 2 is 2.05 bits per heavy atom. The van der Waals surface area contributed by atoms with Crippen molar-refractivity contribution < 1.29 is 14.3 Å². The number of nitrogens with one attached hydrogen (secondary N) is 1. The predicted molar refractivity (Wildman–Crippen MR) is 68.9 cm³/mol. The molecule has 0 saturated carbocycles. The molecule has 0 radical (unpaired) electrons. The highest BCUT2D eigenvalue weighted by Crippen LogP contribution is 2.36. The third-order valence-electron chi connectivity index (χ3n) is 3.12. The number of rotatable bonds is 2. The molecule has 4 nitrogen and oxygen atoms in total. The number of hydrazine groups is 1. The van der Waals surface area contributed by atoms with Gasteiger partial charge in [-0.1, -0.05) is 32.6 Å². The molecule has 1 unspecified atom stereocenters. The fraction of sp³-hybridized carbons (Fsp3) is 0.357. The van der Waals surface area contributed by atoms with Crippen molar-refractivity contribution in [3.63, 3.8) is 0 Å². The third kappa shape index (κ3) is 2.33. The van der Waals surface area contributed by atoms with Crippen LogP contribution in [0.25, 0.3) is 0 Å². The van der Waals surface area contributed by atoms with Crippen molar-refractivity contribution in [3.8, 4) is 0 Å².